The van der Waals surface area contributed by atoms with E-state index in [1.165, 1.54) is 0 Å². The first-order valence-electron chi connectivity index (χ1n) is 5.60. The summed E-state index contributed by atoms with van der Waals surface area (Å²) in [5.41, 5.74) is 7.00. The van der Waals surface area contributed by atoms with Gasteiger partial charge in [0.1, 0.15) is 5.75 Å². The van der Waals surface area contributed by atoms with E-state index in [2.05, 4.69) is 20.8 Å². The number of phenols is 1. The quantitative estimate of drug-likeness (QED) is 0.874. The molecule has 1 aliphatic rings. The fraction of sp³-hybridized carbons (Fsp3) is 0.500. The molecule has 1 aliphatic heterocycles. The number of nitrogens with two attached hydrogens (primary N) is 1. The normalized spacial score (nSPS) is 18.9. The minimum absolute atomic E-state index is 0.326. The van der Waals surface area contributed by atoms with Gasteiger partial charge in [-0.3, -0.25) is 4.90 Å². The molecule has 0 aromatic heterocycles. The molecule has 0 atom stereocenters. The molecule has 1 fully saturated rings. The Kier molecular flexibility index (Phi) is 3.84. The fourth-order valence-electron chi connectivity index (χ4n) is 2.03. The highest BCUT2D eigenvalue weighted by atomic mass is 79.9. The first-order valence-corrected chi connectivity index (χ1v) is 6.40. The van der Waals surface area contributed by atoms with Crippen LogP contribution in [-0.2, 0) is 6.54 Å². The molecule has 0 spiro atoms. The number of rotatable bonds is 2. The lowest BCUT2D eigenvalue weighted by Gasteiger charge is -2.30. The summed E-state index contributed by atoms with van der Waals surface area (Å²) in [5.74, 6) is 0.326. The minimum atomic E-state index is 0.326. The van der Waals surface area contributed by atoms with Crippen molar-refractivity contribution in [1.29, 1.82) is 0 Å². The lowest BCUT2D eigenvalue weighted by atomic mass is 10.1. The summed E-state index contributed by atoms with van der Waals surface area (Å²) in [6.07, 6.45) is 2.13. The number of likely N-dealkylation sites (tertiary alicyclic amines) is 1. The van der Waals surface area contributed by atoms with E-state index in [1.54, 1.807) is 6.07 Å². The van der Waals surface area contributed by atoms with Gasteiger partial charge in [-0.1, -0.05) is 15.9 Å². The molecule has 0 unspecified atom stereocenters. The fourth-order valence-corrected chi connectivity index (χ4v) is 2.41. The van der Waals surface area contributed by atoms with Crippen LogP contribution >= 0.6 is 15.9 Å². The molecule has 0 saturated carbocycles. The van der Waals surface area contributed by atoms with Crippen molar-refractivity contribution in [3.63, 3.8) is 0 Å². The Morgan fingerprint density at radius 1 is 1.38 bits per heavy atom. The number of halogens is 1. The number of benzene rings is 1. The third-order valence-corrected chi connectivity index (χ3v) is 3.83. The van der Waals surface area contributed by atoms with Crippen molar-refractivity contribution in [3.05, 3.63) is 28.2 Å². The summed E-state index contributed by atoms with van der Waals surface area (Å²) in [6, 6.07) is 5.77. The molecule has 16 heavy (non-hydrogen) atoms. The Morgan fingerprint density at radius 3 is 2.75 bits per heavy atom. The van der Waals surface area contributed by atoms with Crippen LogP contribution in [0.25, 0.3) is 0 Å². The summed E-state index contributed by atoms with van der Waals surface area (Å²) < 4.78 is 1.06. The van der Waals surface area contributed by atoms with Crippen LogP contribution in [0.15, 0.2) is 22.7 Å². The molecule has 0 bridgehead atoms. The van der Waals surface area contributed by atoms with Crippen molar-refractivity contribution in [1.82, 2.24) is 4.90 Å². The second-order valence-electron chi connectivity index (χ2n) is 4.39. The predicted molar refractivity (Wildman–Crippen MR) is 68.3 cm³/mol. The van der Waals surface area contributed by atoms with Crippen LogP contribution in [0.4, 0.5) is 0 Å². The molecular weight excluding hydrogens is 268 g/mol. The van der Waals surface area contributed by atoms with E-state index in [9.17, 15) is 5.11 Å². The molecule has 1 aromatic carbocycles. The molecule has 2 rings (SSSR count). The van der Waals surface area contributed by atoms with Crippen molar-refractivity contribution in [3.8, 4) is 5.75 Å². The van der Waals surface area contributed by atoms with Gasteiger partial charge in [0.25, 0.3) is 0 Å². The van der Waals surface area contributed by atoms with Gasteiger partial charge in [-0.25, -0.2) is 0 Å². The van der Waals surface area contributed by atoms with Gasteiger partial charge >= 0.3 is 0 Å². The van der Waals surface area contributed by atoms with Gasteiger partial charge in [0.2, 0.25) is 0 Å². The molecule has 3 N–H and O–H groups in total. The van der Waals surface area contributed by atoms with Crippen molar-refractivity contribution >= 4 is 15.9 Å². The summed E-state index contributed by atoms with van der Waals surface area (Å²) in [7, 11) is 0. The molecule has 1 aromatic rings. The van der Waals surface area contributed by atoms with Crippen LogP contribution < -0.4 is 5.73 Å². The van der Waals surface area contributed by atoms with Gasteiger partial charge < -0.3 is 10.8 Å². The van der Waals surface area contributed by atoms with E-state index in [0.29, 0.717) is 11.8 Å². The Labute approximate surface area is 104 Å². The number of nitrogens with zero attached hydrogens (tertiary/aromatic N) is 1. The maximum absolute atomic E-state index is 9.45. The molecular formula is C12H17BrN2O. The van der Waals surface area contributed by atoms with Gasteiger partial charge in [-0.15, -0.1) is 0 Å². The molecule has 3 nitrogen and oxygen atoms in total. The highest BCUT2D eigenvalue weighted by Gasteiger charge is 2.16. The van der Waals surface area contributed by atoms with Crippen LogP contribution in [0.5, 0.6) is 5.75 Å². The monoisotopic (exact) mass is 284 g/mol. The number of hydrogen-bond donors (Lipinski definition) is 2. The lowest BCUT2D eigenvalue weighted by Crippen LogP contribution is -2.39. The zero-order valence-electron chi connectivity index (χ0n) is 9.19. The second kappa shape index (κ2) is 5.17. The SMILES string of the molecule is NC1CCN(Cc2cc(O)ccc2Br)CC1. The highest BCUT2D eigenvalue weighted by Crippen LogP contribution is 2.24. The van der Waals surface area contributed by atoms with Gasteiger partial charge in [-0.2, -0.15) is 0 Å². The first-order chi connectivity index (χ1) is 7.65. The van der Waals surface area contributed by atoms with Crippen molar-refractivity contribution in [2.24, 2.45) is 5.73 Å². The molecule has 0 amide bonds. The van der Waals surface area contributed by atoms with Crippen molar-refractivity contribution in [2.45, 2.75) is 25.4 Å². The van der Waals surface area contributed by atoms with E-state index in [1.807, 2.05) is 12.1 Å². The van der Waals surface area contributed by atoms with Crippen LogP contribution in [0.2, 0.25) is 0 Å². The first kappa shape index (κ1) is 11.9. The Morgan fingerprint density at radius 2 is 2.06 bits per heavy atom. The minimum Gasteiger partial charge on any atom is -0.508 e. The summed E-state index contributed by atoms with van der Waals surface area (Å²) in [5, 5.41) is 9.45. The lowest BCUT2D eigenvalue weighted by molar-refractivity contribution is 0.205. The molecule has 4 heteroatoms. The second-order valence-corrected chi connectivity index (χ2v) is 5.24. The number of phenolic OH excluding ortho intramolecular Hbond substituents is 1. The Hall–Kier alpha value is -0.580. The number of aromatic hydroxyl groups is 1. The molecule has 1 heterocycles. The zero-order chi connectivity index (χ0) is 11.5. The average molecular weight is 285 g/mol. The van der Waals surface area contributed by atoms with E-state index in [4.69, 9.17) is 5.73 Å². The van der Waals surface area contributed by atoms with Crippen molar-refractivity contribution < 1.29 is 5.11 Å². The average Bonchev–Trinajstić information content (AvgIpc) is 2.27. The van der Waals surface area contributed by atoms with Crippen LogP contribution in [0, 0.1) is 0 Å². The Balaban J connectivity index is 2.00. The van der Waals surface area contributed by atoms with E-state index in [-0.39, 0.29) is 0 Å². The Bertz CT molecular complexity index is 362. The van der Waals surface area contributed by atoms with E-state index in [0.717, 1.165) is 42.5 Å². The van der Waals surface area contributed by atoms with Crippen LogP contribution in [0.3, 0.4) is 0 Å². The number of piperidine rings is 1. The van der Waals surface area contributed by atoms with E-state index < -0.39 is 0 Å². The summed E-state index contributed by atoms with van der Waals surface area (Å²) in [6.45, 7) is 2.97. The summed E-state index contributed by atoms with van der Waals surface area (Å²) >= 11 is 3.51. The van der Waals surface area contributed by atoms with Crippen molar-refractivity contribution in [2.75, 3.05) is 13.1 Å². The topological polar surface area (TPSA) is 49.5 Å². The molecule has 1 saturated heterocycles. The largest absolute Gasteiger partial charge is 0.508 e. The maximum atomic E-state index is 9.45. The van der Waals surface area contributed by atoms with Crippen LogP contribution in [-0.4, -0.2) is 29.1 Å². The van der Waals surface area contributed by atoms with Gasteiger partial charge in [0, 0.05) is 17.1 Å². The van der Waals surface area contributed by atoms with Gasteiger partial charge in [0.15, 0.2) is 0 Å². The molecule has 0 aliphatic carbocycles. The van der Waals surface area contributed by atoms with Gasteiger partial charge in [0.05, 0.1) is 0 Å². The zero-order valence-corrected chi connectivity index (χ0v) is 10.8. The van der Waals surface area contributed by atoms with Crippen LogP contribution in [0.1, 0.15) is 18.4 Å². The number of hydrogen-bond acceptors (Lipinski definition) is 3. The molecule has 0 radical (unpaired) electrons. The molecule has 88 valence electrons. The maximum Gasteiger partial charge on any atom is 0.115 e. The van der Waals surface area contributed by atoms with E-state index >= 15 is 0 Å². The van der Waals surface area contributed by atoms with Gasteiger partial charge in [-0.05, 0) is 49.7 Å². The smallest absolute Gasteiger partial charge is 0.115 e. The summed E-state index contributed by atoms with van der Waals surface area (Å²) in [4.78, 5) is 2.38. The third kappa shape index (κ3) is 2.97. The standard InChI is InChI=1S/C12H17BrN2O/c13-12-2-1-11(16)7-9(12)8-15-5-3-10(14)4-6-15/h1-2,7,10,16H,3-6,8,14H2. The third-order valence-electron chi connectivity index (χ3n) is 3.06. The highest BCUT2D eigenvalue weighted by molar-refractivity contribution is 9.10. The predicted octanol–water partition coefficient (Wildman–Crippen LogP) is 2.08.